The fraction of sp³-hybridized carbons (Fsp3) is 0.545. The van der Waals surface area contributed by atoms with Crippen molar-refractivity contribution >= 4 is 11.9 Å². The third-order valence-electron chi connectivity index (χ3n) is 2.64. The van der Waals surface area contributed by atoms with Gasteiger partial charge in [-0.2, -0.15) is 0 Å². The Morgan fingerprint density at radius 3 is 3.18 bits per heavy atom. The Bertz CT molecular complexity index is 411. The van der Waals surface area contributed by atoms with Crippen LogP contribution in [-0.2, 0) is 14.3 Å². The standard InChI is InChI=1S/C11H15N3O3/c1-8-3-4-12-11(13-8)14-5-6-17-7-9(14)10(15)16-2/h3-4,9H,5-7H2,1-2H3. The quantitative estimate of drug-likeness (QED) is 0.683. The van der Waals surface area contributed by atoms with Gasteiger partial charge in [0.2, 0.25) is 5.95 Å². The lowest BCUT2D eigenvalue weighted by molar-refractivity contribution is -0.144. The molecular weight excluding hydrogens is 222 g/mol. The number of nitrogens with zero attached hydrogens (tertiary/aromatic N) is 3. The minimum absolute atomic E-state index is 0.309. The van der Waals surface area contributed by atoms with Gasteiger partial charge in [0.15, 0.2) is 6.04 Å². The van der Waals surface area contributed by atoms with E-state index in [4.69, 9.17) is 9.47 Å². The van der Waals surface area contributed by atoms with Gasteiger partial charge in [-0.15, -0.1) is 0 Å². The molecule has 0 saturated carbocycles. The zero-order chi connectivity index (χ0) is 12.3. The number of morpholine rings is 1. The third-order valence-corrected chi connectivity index (χ3v) is 2.64. The van der Waals surface area contributed by atoms with E-state index in [1.165, 1.54) is 7.11 Å². The molecule has 6 heteroatoms. The molecule has 0 N–H and O–H groups in total. The second-order valence-electron chi connectivity index (χ2n) is 3.81. The highest BCUT2D eigenvalue weighted by atomic mass is 16.5. The van der Waals surface area contributed by atoms with Crippen LogP contribution in [0.1, 0.15) is 5.69 Å². The van der Waals surface area contributed by atoms with Gasteiger partial charge in [0.1, 0.15) is 0 Å². The topological polar surface area (TPSA) is 64.6 Å². The zero-order valence-electron chi connectivity index (χ0n) is 9.92. The Kier molecular flexibility index (Phi) is 3.53. The van der Waals surface area contributed by atoms with E-state index in [9.17, 15) is 4.79 Å². The predicted molar refractivity (Wildman–Crippen MR) is 60.7 cm³/mol. The molecule has 0 aromatic carbocycles. The molecule has 0 spiro atoms. The van der Waals surface area contributed by atoms with Crippen LogP contribution in [0.5, 0.6) is 0 Å². The molecule has 0 bridgehead atoms. The minimum atomic E-state index is -0.462. The number of ether oxygens (including phenoxy) is 2. The number of esters is 1. The van der Waals surface area contributed by atoms with Crippen LogP contribution >= 0.6 is 0 Å². The van der Waals surface area contributed by atoms with E-state index in [-0.39, 0.29) is 5.97 Å². The maximum absolute atomic E-state index is 11.6. The van der Waals surface area contributed by atoms with Crippen LogP contribution in [0.25, 0.3) is 0 Å². The van der Waals surface area contributed by atoms with Crippen LogP contribution in [0.4, 0.5) is 5.95 Å². The van der Waals surface area contributed by atoms with E-state index in [0.717, 1.165) is 5.69 Å². The van der Waals surface area contributed by atoms with Gasteiger partial charge in [-0.3, -0.25) is 0 Å². The molecule has 0 radical (unpaired) electrons. The number of methoxy groups -OCH3 is 1. The lowest BCUT2D eigenvalue weighted by Crippen LogP contribution is -2.51. The van der Waals surface area contributed by atoms with Crippen LogP contribution in [-0.4, -0.2) is 48.8 Å². The van der Waals surface area contributed by atoms with E-state index in [1.807, 2.05) is 17.9 Å². The van der Waals surface area contributed by atoms with Gasteiger partial charge in [0, 0.05) is 18.4 Å². The van der Waals surface area contributed by atoms with E-state index in [2.05, 4.69) is 9.97 Å². The van der Waals surface area contributed by atoms with E-state index >= 15 is 0 Å². The van der Waals surface area contributed by atoms with Gasteiger partial charge in [0.05, 0.1) is 20.3 Å². The second-order valence-corrected chi connectivity index (χ2v) is 3.81. The molecule has 1 saturated heterocycles. The molecule has 17 heavy (non-hydrogen) atoms. The first-order valence-corrected chi connectivity index (χ1v) is 5.44. The summed E-state index contributed by atoms with van der Waals surface area (Å²) in [4.78, 5) is 22.0. The summed E-state index contributed by atoms with van der Waals surface area (Å²) in [7, 11) is 1.37. The van der Waals surface area contributed by atoms with Crippen molar-refractivity contribution in [1.29, 1.82) is 0 Å². The number of hydrogen-bond donors (Lipinski definition) is 0. The molecule has 1 aliphatic heterocycles. The van der Waals surface area contributed by atoms with Gasteiger partial charge in [0.25, 0.3) is 0 Å². The van der Waals surface area contributed by atoms with Gasteiger partial charge < -0.3 is 14.4 Å². The molecule has 2 heterocycles. The molecule has 1 fully saturated rings. The van der Waals surface area contributed by atoms with Crippen molar-refractivity contribution in [1.82, 2.24) is 9.97 Å². The molecule has 2 rings (SSSR count). The van der Waals surface area contributed by atoms with Crippen molar-refractivity contribution in [3.05, 3.63) is 18.0 Å². The normalized spacial score (nSPS) is 20.1. The number of anilines is 1. The van der Waals surface area contributed by atoms with Crippen molar-refractivity contribution in [3.63, 3.8) is 0 Å². The Morgan fingerprint density at radius 1 is 1.65 bits per heavy atom. The number of aryl methyl sites for hydroxylation is 1. The molecule has 1 aromatic heterocycles. The van der Waals surface area contributed by atoms with Crippen molar-refractivity contribution in [3.8, 4) is 0 Å². The fourth-order valence-corrected chi connectivity index (χ4v) is 1.75. The lowest BCUT2D eigenvalue weighted by atomic mass is 10.2. The summed E-state index contributed by atoms with van der Waals surface area (Å²) in [6, 6.07) is 1.35. The number of rotatable bonds is 2. The van der Waals surface area contributed by atoms with Gasteiger partial charge in [-0.05, 0) is 13.0 Å². The Balaban J connectivity index is 2.24. The predicted octanol–water partition coefficient (Wildman–Crippen LogP) is 0.163. The monoisotopic (exact) mass is 237 g/mol. The summed E-state index contributed by atoms with van der Waals surface area (Å²) in [5.74, 6) is 0.221. The Labute approximate surface area is 99.6 Å². The summed E-state index contributed by atoms with van der Waals surface area (Å²) >= 11 is 0. The van der Waals surface area contributed by atoms with Crippen LogP contribution in [0.3, 0.4) is 0 Å². The van der Waals surface area contributed by atoms with Gasteiger partial charge in [-0.1, -0.05) is 0 Å². The molecule has 0 aliphatic carbocycles. The molecule has 92 valence electrons. The largest absolute Gasteiger partial charge is 0.467 e. The second kappa shape index (κ2) is 5.09. The van der Waals surface area contributed by atoms with Crippen LogP contribution in [0, 0.1) is 6.92 Å². The van der Waals surface area contributed by atoms with Crippen LogP contribution in [0.15, 0.2) is 12.3 Å². The molecule has 1 atom stereocenters. The smallest absolute Gasteiger partial charge is 0.331 e. The first-order chi connectivity index (χ1) is 8.22. The minimum Gasteiger partial charge on any atom is -0.467 e. The average molecular weight is 237 g/mol. The summed E-state index contributed by atoms with van der Waals surface area (Å²) in [6.45, 7) is 3.34. The third kappa shape index (κ3) is 2.52. The maximum atomic E-state index is 11.6. The summed E-state index contributed by atoms with van der Waals surface area (Å²) < 4.78 is 10.0. The SMILES string of the molecule is COC(=O)C1COCCN1c1nccc(C)n1. The zero-order valence-corrected chi connectivity index (χ0v) is 9.92. The number of hydrogen-bond acceptors (Lipinski definition) is 6. The van der Waals surface area contributed by atoms with E-state index in [0.29, 0.717) is 25.7 Å². The summed E-state index contributed by atoms with van der Waals surface area (Å²) in [5.41, 5.74) is 0.866. The fourth-order valence-electron chi connectivity index (χ4n) is 1.75. The first kappa shape index (κ1) is 11.8. The van der Waals surface area contributed by atoms with Gasteiger partial charge >= 0.3 is 5.97 Å². The van der Waals surface area contributed by atoms with Crippen LogP contribution < -0.4 is 4.90 Å². The molecular formula is C11H15N3O3. The first-order valence-electron chi connectivity index (χ1n) is 5.44. The number of aromatic nitrogens is 2. The van der Waals surface area contributed by atoms with Crippen molar-refractivity contribution in [2.45, 2.75) is 13.0 Å². The van der Waals surface area contributed by atoms with Gasteiger partial charge in [-0.25, -0.2) is 14.8 Å². The highest BCUT2D eigenvalue weighted by Crippen LogP contribution is 2.15. The van der Waals surface area contributed by atoms with Crippen molar-refractivity contribution in [2.24, 2.45) is 0 Å². The average Bonchev–Trinajstić information content (AvgIpc) is 2.38. The number of carbonyl (C=O) groups is 1. The van der Waals surface area contributed by atoms with E-state index < -0.39 is 6.04 Å². The highest BCUT2D eigenvalue weighted by molar-refractivity contribution is 5.79. The Hall–Kier alpha value is -1.69. The summed E-state index contributed by atoms with van der Waals surface area (Å²) in [5, 5.41) is 0. The highest BCUT2D eigenvalue weighted by Gasteiger charge is 2.31. The molecule has 1 unspecified atom stereocenters. The van der Waals surface area contributed by atoms with Crippen molar-refractivity contribution < 1.29 is 14.3 Å². The van der Waals surface area contributed by atoms with Crippen LogP contribution in [0.2, 0.25) is 0 Å². The molecule has 1 aromatic rings. The maximum Gasteiger partial charge on any atom is 0.331 e. The Morgan fingerprint density at radius 2 is 2.47 bits per heavy atom. The van der Waals surface area contributed by atoms with E-state index in [1.54, 1.807) is 6.20 Å². The number of carbonyl (C=O) groups excluding carboxylic acids is 1. The summed E-state index contributed by atoms with van der Waals surface area (Å²) in [6.07, 6.45) is 1.68. The lowest BCUT2D eigenvalue weighted by Gasteiger charge is -2.33. The molecule has 0 amide bonds. The molecule has 1 aliphatic rings. The molecule has 6 nitrogen and oxygen atoms in total. The van der Waals surface area contributed by atoms with Crippen molar-refractivity contribution in [2.75, 3.05) is 31.8 Å².